The molecule has 0 spiro atoms. The maximum Gasteiger partial charge on any atom is 0.206 e. The van der Waals surface area contributed by atoms with Gasteiger partial charge >= 0.3 is 0 Å². The Morgan fingerprint density at radius 3 is 2.83 bits per heavy atom. The number of halogens is 1. The molecule has 3 aromatic rings. The summed E-state index contributed by atoms with van der Waals surface area (Å²) in [5.74, 6) is -0.277. The highest BCUT2D eigenvalue weighted by Gasteiger charge is 2.11. The van der Waals surface area contributed by atoms with Crippen LogP contribution in [0.1, 0.15) is 12.5 Å². The van der Waals surface area contributed by atoms with Crippen LogP contribution in [-0.2, 0) is 0 Å². The first-order chi connectivity index (χ1) is 11.6. The summed E-state index contributed by atoms with van der Waals surface area (Å²) in [5.41, 5.74) is 3.16. The van der Waals surface area contributed by atoms with Crippen molar-refractivity contribution in [1.82, 2.24) is 4.68 Å². The number of aromatic nitrogens is 1. The normalized spacial score (nSPS) is 12.2. The molecule has 0 saturated carbocycles. The van der Waals surface area contributed by atoms with Gasteiger partial charge in [-0.1, -0.05) is 24.3 Å². The zero-order valence-electron chi connectivity index (χ0n) is 13.1. The number of thiazole rings is 1. The number of benzene rings is 1. The number of thiophene rings is 1. The van der Waals surface area contributed by atoms with Crippen LogP contribution in [0.25, 0.3) is 11.3 Å². The molecule has 6 heteroatoms. The maximum atomic E-state index is 14.2. The van der Waals surface area contributed by atoms with E-state index in [0.29, 0.717) is 22.6 Å². The van der Waals surface area contributed by atoms with Crippen molar-refractivity contribution in [2.24, 2.45) is 10.1 Å². The van der Waals surface area contributed by atoms with Crippen LogP contribution in [0.3, 0.4) is 0 Å². The summed E-state index contributed by atoms with van der Waals surface area (Å²) < 4.78 is 15.9. The van der Waals surface area contributed by atoms with E-state index in [2.05, 4.69) is 16.7 Å². The third-order valence-electron chi connectivity index (χ3n) is 3.18. The molecule has 0 unspecified atom stereocenters. The minimum atomic E-state index is -0.277. The number of hydrogen-bond donors (Lipinski definition) is 0. The Kier molecular flexibility index (Phi) is 5.17. The van der Waals surface area contributed by atoms with Crippen LogP contribution in [0.4, 0.5) is 4.39 Å². The zero-order valence-corrected chi connectivity index (χ0v) is 14.8. The predicted molar refractivity (Wildman–Crippen MR) is 100 cm³/mol. The van der Waals surface area contributed by atoms with Crippen molar-refractivity contribution in [2.45, 2.75) is 6.92 Å². The lowest BCUT2D eigenvalue weighted by molar-refractivity contribution is 0.629. The fourth-order valence-electron chi connectivity index (χ4n) is 2.05. The van der Waals surface area contributed by atoms with Crippen LogP contribution < -0.4 is 4.80 Å². The minimum absolute atomic E-state index is 0.277. The molecule has 122 valence electrons. The Hall–Kier alpha value is -2.31. The quantitative estimate of drug-likeness (QED) is 0.465. The highest BCUT2D eigenvalue weighted by molar-refractivity contribution is 7.08. The SMILES string of the molecule is C=C(C)CN=c1scc(-c2ccccc2F)n1N=Cc1ccsc1. The second kappa shape index (κ2) is 7.51. The van der Waals surface area contributed by atoms with Gasteiger partial charge in [-0.05, 0) is 35.9 Å². The van der Waals surface area contributed by atoms with Gasteiger partial charge in [0.2, 0.25) is 4.80 Å². The lowest BCUT2D eigenvalue weighted by atomic mass is 10.1. The molecule has 0 atom stereocenters. The highest BCUT2D eigenvalue weighted by Crippen LogP contribution is 2.23. The molecule has 2 aromatic heterocycles. The Bertz CT molecular complexity index is 933. The van der Waals surface area contributed by atoms with Gasteiger partial charge in [-0.3, -0.25) is 4.99 Å². The van der Waals surface area contributed by atoms with Crippen LogP contribution in [0.5, 0.6) is 0 Å². The third kappa shape index (κ3) is 3.77. The Morgan fingerprint density at radius 2 is 2.12 bits per heavy atom. The first kappa shape index (κ1) is 16.5. The summed E-state index contributed by atoms with van der Waals surface area (Å²) in [5, 5.41) is 10.4. The van der Waals surface area contributed by atoms with Crippen molar-refractivity contribution < 1.29 is 4.39 Å². The standard InChI is InChI=1S/C18H16FN3S2/c1-13(2)9-20-18-22(21-10-14-7-8-23-11-14)17(12-24-18)15-5-3-4-6-16(15)19/h3-8,10-12H,1,9H2,2H3. The smallest absolute Gasteiger partial charge is 0.206 e. The van der Waals surface area contributed by atoms with Gasteiger partial charge in [-0.25, -0.2) is 9.07 Å². The zero-order chi connectivity index (χ0) is 16.9. The van der Waals surface area contributed by atoms with E-state index >= 15 is 0 Å². The Labute approximate surface area is 147 Å². The molecule has 0 aliphatic rings. The highest BCUT2D eigenvalue weighted by atomic mass is 32.1. The molecule has 0 saturated heterocycles. The molecule has 2 heterocycles. The largest absolute Gasteiger partial charge is 0.253 e. The van der Waals surface area contributed by atoms with Gasteiger partial charge in [0.05, 0.1) is 18.5 Å². The maximum absolute atomic E-state index is 14.2. The Balaban J connectivity index is 2.11. The van der Waals surface area contributed by atoms with E-state index in [0.717, 1.165) is 11.1 Å². The molecule has 24 heavy (non-hydrogen) atoms. The molecule has 0 aliphatic carbocycles. The van der Waals surface area contributed by atoms with E-state index in [4.69, 9.17) is 0 Å². The molecule has 0 radical (unpaired) electrons. The van der Waals surface area contributed by atoms with Gasteiger partial charge in [0.15, 0.2) is 0 Å². The fraction of sp³-hybridized carbons (Fsp3) is 0.111. The van der Waals surface area contributed by atoms with Gasteiger partial charge < -0.3 is 0 Å². The van der Waals surface area contributed by atoms with Gasteiger partial charge in [-0.2, -0.15) is 16.4 Å². The number of nitrogens with zero attached hydrogens (tertiary/aromatic N) is 3. The van der Waals surface area contributed by atoms with E-state index in [1.54, 1.807) is 34.4 Å². The lowest BCUT2D eigenvalue weighted by Crippen LogP contribution is -2.13. The first-order valence-corrected chi connectivity index (χ1v) is 9.14. The van der Waals surface area contributed by atoms with E-state index in [9.17, 15) is 4.39 Å². The van der Waals surface area contributed by atoms with Crippen LogP contribution in [0.2, 0.25) is 0 Å². The van der Waals surface area contributed by atoms with Crippen molar-refractivity contribution in [1.29, 1.82) is 0 Å². The van der Waals surface area contributed by atoms with Crippen LogP contribution in [0.15, 0.2) is 68.7 Å². The van der Waals surface area contributed by atoms with Crippen molar-refractivity contribution in [3.05, 3.63) is 74.8 Å². The second-order valence-electron chi connectivity index (χ2n) is 5.27. The second-order valence-corrected chi connectivity index (χ2v) is 6.89. The molecule has 0 N–H and O–H groups in total. The van der Waals surface area contributed by atoms with Crippen molar-refractivity contribution >= 4 is 28.9 Å². The summed E-state index contributed by atoms with van der Waals surface area (Å²) >= 11 is 3.04. The van der Waals surface area contributed by atoms with Crippen molar-refractivity contribution in [3.63, 3.8) is 0 Å². The fourth-order valence-corrected chi connectivity index (χ4v) is 3.49. The van der Waals surface area contributed by atoms with E-state index in [-0.39, 0.29) is 5.82 Å². The first-order valence-electron chi connectivity index (χ1n) is 7.32. The van der Waals surface area contributed by atoms with Gasteiger partial charge in [-0.15, -0.1) is 11.3 Å². The molecule has 0 amide bonds. The summed E-state index contributed by atoms with van der Waals surface area (Å²) in [6.07, 6.45) is 1.76. The van der Waals surface area contributed by atoms with Gasteiger partial charge in [0.1, 0.15) is 5.82 Å². The van der Waals surface area contributed by atoms with Crippen LogP contribution in [-0.4, -0.2) is 17.4 Å². The van der Waals surface area contributed by atoms with E-state index in [1.165, 1.54) is 17.4 Å². The molecule has 1 aromatic carbocycles. The van der Waals surface area contributed by atoms with Gasteiger partial charge in [0, 0.05) is 16.5 Å². The van der Waals surface area contributed by atoms with Crippen LogP contribution in [0, 0.1) is 5.82 Å². The molecular weight excluding hydrogens is 341 g/mol. The summed E-state index contributed by atoms with van der Waals surface area (Å²) in [6, 6.07) is 8.67. The van der Waals surface area contributed by atoms with E-state index < -0.39 is 0 Å². The van der Waals surface area contributed by atoms with E-state index in [1.807, 2.05) is 35.2 Å². The summed E-state index contributed by atoms with van der Waals surface area (Å²) in [4.78, 5) is 5.24. The topological polar surface area (TPSA) is 29.6 Å². The number of hydrogen-bond acceptors (Lipinski definition) is 4. The summed E-state index contributed by atoms with van der Waals surface area (Å²) in [7, 11) is 0. The van der Waals surface area contributed by atoms with Crippen molar-refractivity contribution in [3.8, 4) is 11.3 Å². The van der Waals surface area contributed by atoms with Crippen molar-refractivity contribution in [2.75, 3.05) is 6.54 Å². The third-order valence-corrected chi connectivity index (χ3v) is 4.74. The molecule has 0 fully saturated rings. The Morgan fingerprint density at radius 1 is 1.29 bits per heavy atom. The minimum Gasteiger partial charge on any atom is -0.253 e. The molecule has 3 rings (SSSR count). The summed E-state index contributed by atoms with van der Waals surface area (Å²) in [6.45, 7) is 6.31. The predicted octanol–water partition coefficient (Wildman–Crippen LogP) is 4.78. The molecule has 3 nitrogen and oxygen atoms in total. The average molecular weight is 357 g/mol. The van der Waals surface area contributed by atoms with Crippen LogP contribution >= 0.6 is 22.7 Å². The molecule has 0 aliphatic heterocycles. The monoisotopic (exact) mass is 357 g/mol. The lowest BCUT2D eigenvalue weighted by Gasteiger charge is -2.04. The van der Waals surface area contributed by atoms with Gasteiger partial charge in [0.25, 0.3) is 0 Å². The average Bonchev–Trinajstić information content (AvgIpc) is 3.21. The number of rotatable bonds is 5. The molecule has 0 bridgehead atoms. The molecular formula is C18H16FN3S2.